The number of nitrogens with zero attached hydrogens (tertiary/aromatic N) is 1. The standard InChI is InChI=1S/C20H27N3O3/c24-18(23-10-1-2-11-23)14-26-16-5-3-4-15(12-16)22-19(25)17-13-20(17)6-8-21-9-7-20/h3-5,12,17,21H,1-2,6-11,13-14H2,(H,22,25). The first-order chi connectivity index (χ1) is 12.7. The Morgan fingerprint density at radius 2 is 2.00 bits per heavy atom. The summed E-state index contributed by atoms with van der Waals surface area (Å²) in [6.45, 7) is 3.74. The number of rotatable bonds is 5. The number of likely N-dealkylation sites (tertiary alicyclic amines) is 1. The Kier molecular flexibility index (Phi) is 4.85. The summed E-state index contributed by atoms with van der Waals surface area (Å²) in [6.07, 6.45) is 5.33. The van der Waals surface area contributed by atoms with Crippen LogP contribution in [-0.4, -0.2) is 49.5 Å². The molecule has 3 aliphatic rings. The van der Waals surface area contributed by atoms with E-state index in [1.54, 1.807) is 6.07 Å². The summed E-state index contributed by atoms with van der Waals surface area (Å²) in [5.41, 5.74) is 0.961. The van der Waals surface area contributed by atoms with Gasteiger partial charge >= 0.3 is 0 Å². The maximum absolute atomic E-state index is 12.6. The SMILES string of the molecule is O=C(Nc1cccc(OCC(=O)N2CCCC2)c1)C1CC12CCNCC2. The number of piperidine rings is 1. The molecular weight excluding hydrogens is 330 g/mol. The fraction of sp³-hybridized carbons (Fsp3) is 0.600. The van der Waals surface area contributed by atoms with Gasteiger partial charge in [0.1, 0.15) is 5.75 Å². The maximum atomic E-state index is 12.6. The van der Waals surface area contributed by atoms with Gasteiger partial charge in [0.05, 0.1) is 0 Å². The van der Waals surface area contributed by atoms with E-state index in [9.17, 15) is 9.59 Å². The summed E-state index contributed by atoms with van der Waals surface area (Å²) in [7, 11) is 0. The zero-order valence-electron chi connectivity index (χ0n) is 15.1. The number of hydrogen-bond donors (Lipinski definition) is 2. The lowest BCUT2D eigenvalue weighted by atomic mass is 9.92. The van der Waals surface area contributed by atoms with E-state index in [0.29, 0.717) is 5.75 Å². The van der Waals surface area contributed by atoms with Crippen LogP contribution < -0.4 is 15.4 Å². The monoisotopic (exact) mass is 357 g/mol. The average Bonchev–Trinajstić information content (AvgIpc) is 3.08. The van der Waals surface area contributed by atoms with Gasteiger partial charge in [0.15, 0.2) is 6.61 Å². The second kappa shape index (κ2) is 7.27. The highest BCUT2D eigenvalue weighted by Gasteiger charge is 2.57. The number of carbonyl (C=O) groups excluding carboxylic acids is 2. The number of hydrogen-bond acceptors (Lipinski definition) is 4. The molecule has 1 aromatic rings. The third-order valence-electron chi connectivity index (χ3n) is 6.03. The van der Waals surface area contributed by atoms with Crippen LogP contribution in [0.2, 0.25) is 0 Å². The Morgan fingerprint density at radius 1 is 1.23 bits per heavy atom. The number of carbonyl (C=O) groups is 2. The average molecular weight is 357 g/mol. The molecule has 1 spiro atoms. The van der Waals surface area contributed by atoms with Crippen molar-refractivity contribution in [3.05, 3.63) is 24.3 Å². The third kappa shape index (κ3) is 3.70. The van der Waals surface area contributed by atoms with E-state index in [-0.39, 0.29) is 29.8 Å². The van der Waals surface area contributed by atoms with E-state index >= 15 is 0 Å². The van der Waals surface area contributed by atoms with Crippen molar-refractivity contribution >= 4 is 17.5 Å². The molecule has 1 saturated carbocycles. The second-order valence-electron chi connectivity index (χ2n) is 7.76. The first-order valence-corrected chi connectivity index (χ1v) is 9.69. The van der Waals surface area contributed by atoms with Gasteiger partial charge in [0.25, 0.3) is 5.91 Å². The van der Waals surface area contributed by atoms with Crippen molar-refractivity contribution in [2.75, 3.05) is 38.1 Å². The lowest BCUT2D eigenvalue weighted by Crippen LogP contribution is -2.32. The van der Waals surface area contributed by atoms with E-state index in [1.807, 2.05) is 23.1 Å². The van der Waals surface area contributed by atoms with Crippen LogP contribution in [0.5, 0.6) is 5.75 Å². The zero-order chi connectivity index (χ0) is 18.0. The van der Waals surface area contributed by atoms with Crippen molar-refractivity contribution in [2.45, 2.75) is 32.1 Å². The van der Waals surface area contributed by atoms with Crippen molar-refractivity contribution < 1.29 is 14.3 Å². The molecule has 0 radical (unpaired) electrons. The summed E-state index contributed by atoms with van der Waals surface area (Å²) in [5.74, 6) is 0.883. The van der Waals surface area contributed by atoms with Gasteiger partial charge in [0, 0.05) is 30.8 Å². The van der Waals surface area contributed by atoms with E-state index in [0.717, 1.165) is 64.0 Å². The minimum Gasteiger partial charge on any atom is -0.484 e. The molecule has 2 heterocycles. The molecule has 2 amide bonds. The predicted molar refractivity (Wildman–Crippen MR) is 99.0 cm³/mol. The zero-order valence-corrected chi connectivity index (χ0v) is 15.1. The Hall–Kier alpha value is -2.08. The molecule has 140 valence electrons. The van der Waals surface area contributed by atoms with E-state index < -0.39 is 0 Å². The van der Waals surface area contributed by atoms with Crippen molar-refractivity contribution in [3.63, 3.8) is 0 Å². The molecule has 6 nitrogen and oxygen atoms in total. The molecule has 1 atom stereocenters. The lowest BCUT2D eigenvalue weighted by molar-refractivity contribution is -0.132. The molecule has 2 N–H and O–H groups in total. The summed E-state index contributed by atoms with van der Waals surface area (Å²) in [6, 6.07) is 7.33. The Morgan fingerprint density at radius 3 is 2.77 bits per heavy atom. The molecule has 6 heteroatoms. The highest BCUT2D eigenvalue weighted by Crippen LogP contribution is 2.58. The van der Waals surface area contributed by atoms with Crippen molar-refractivity contribution in [2.24, 2.45) is 11.3 Å². The highest BCUT2D eigenvalue weighted by molar-refractivity contribution is 5.95. The van der Waals surface area contributed by atoms with Gasteiger partial charge in [-0.05, 0) is 62.7 Å². The van der Waals surface area contributed by atoms with Gasteiger partial charge in [-0.2, -0.15) is 0 Å². The highest BCUT2D eigenvalue weighted by atomic mass is 16.5. The van der Waals surface area contributed by atoms with Gasteiger partial charge in [-0.3, -0.25) is 9.59 Å². The Labute approximate surface area is 154 Å². The first kappa shape index (κ1) is 17.3. The van der Waals surface area contributed by atoms with E-state index in [1.165, 1.54) is 0 Å². The molecule has 1 unspecified atom stereocenters. The Bertz CT molecular complexity index is 679. The molecule has 1 aliphatic carbocycles. The number of nitrogens with one attached hydrogen (secondary N) is 2. The van der Waals surface area contributed by atoms with Crippen molar-refractivity contribution in [3.8, 4) is 5.75 Å². The van der Waals surface area contributed by atoms with Crippen LogP contribution in [0.3, 0.4) is 0 Å². The number of ether oxygens (including phenoxy) is 1. The number of benzene rings is 1. The van der Waals surface area contributed by atoms with Crippen molar-refractivity contribution in [1.82, 2.24) is 10.2 Å². The van der Waals surface area contributed by atoms with Crippen molar-refractivity contribution in [1.29, 1.82) is 0 Å². The molecule has 3 fully saturated rings. The lowest BCUT2D eigenvalue weighted by Gasteiger charge is -2.23. The summed E-state index contributed by atoms with van der Waals surface area (Å²) in [5, 5.41) is 6.38. The van der Waals surface area contributed by atoms with Crippen LogP contribution in [0.1, 0.15) is 32.1 Å². The number of amides is 2. The predicted octanol–water partition coefficient (Wildman–Crippen LogP) is 2.02. The smallest absolute Gasteiger partial charge is 0.260 e. The quantitative estimate of drug-likeness (QED) is 0.846. The molecule has 1 aromatic carbocycles. The normalized spacial score (nSPS) is 23.7. The van der Waals surface area contributed by atoms with E-state index in [2.05, 4.69) is 10.6 Å². The Balaban J connectivity index is 1.30. The van der Waals surface area contributed by atoms with Gasteiger partial charge in [-0.1, -0.05) is 6.07 Å². The molecule has 0 aromatic heterocycles. The molecule has 26 heavy (non-hydrogen) atoms. The van der Waals surface area contributed by atoms with Crippen LogP contribution in [0.25, 0.3) is 0 Å². The fourth-order valence-electron chi connectivity index (χ4n) is 4.29. The molecule has 2 aliphatic heterocycles. The first-order valence-electron chi connectivity index (χ1n) is 9.69. The van der Waals surface area contributed by atoms with Crippen LogP contribution >= 0.6 is 0 Å². The van der Waals surface area contributed by atoms with Crippen LogP contribution in [0.4, 0.5) is 5.69 Å². The van der Waals surface area contributed by atoms with Gasteiger partial charge in [0.2, 0.25) is 5.91 Å². The molecule has 2 saturated heterocycles. The van der Waals surface area contributed by atoms with Crippen LogP contribution in [-0.2, 0) is 9.59 Å². The molecular formula is C20H27N3O3. The minimum absolute atomic E-state index is 0.0303. The van der Waals surface area contributed by atoms with E-state index in [4.69, 9.17) is 4.74 Å². The summed E-state index contributed by atoms with van der Waals surface area (Å²) < 4.78 is 5.64. The maximum Gasteiger partial charge on any atom is 0.260 e. The van der Waals surface area contributed by atoms with Gasteiger partial charge < -0.3 is 20.3 Å². The third-order valence-corrected chi connectivity index (χ3v) is 6.03. The molecule has 0 bridgehead atoms. The second-order valence-corrected chi connectivity index (χ2v) is 7.76. The topological polar surface area (TPSA) is 70.7 Å². The molecule has 4 rings (SSSR count). The van der Waals surface area contributed by atoms with Crippen LogP contribution in [0.15, 0.2) is 24.3 Å². The summed E-state index contributed by atoms with van der Waals surface area (Å²) in [4.78, 5) is 26.5. The minimum atomic E-state index is 0.0303. The number of anilines is 1. The van der Waals surface area contributed by atoms with Crippen LogP contribution in [0, 0.1) is 11.3 Å². The summed E-state index contributed by atoms with van der Waals surface area (Å²) >= 11 is 0. The fourth-order valence-corrected chi connectivity index (χ4v) is 4.29. The largest absolute Gasteiger partial charge is 0.484 e. The van der Waals surface area contributed by atoms with Gasteiger partial charge in [-0.25, -0.2) is 0 Å². The van der Waals surface area contributed by atoms with Gasteiger partial charge in [-0.15, -0.1) is 0 Å².